The van der Waals surface area contributed by atoms with Crippen molar-refractivity contribution in [3.8, 4) is 0 Å². The molecule has 1 fully saturated rings. The Kier molecular flexibility index (Phi) is 4.31. The number of benzene rings is 1. The topological polar surface area (TPSA) is 3.24 Å². The molecular weight excluding hydrogens is 218 g/mol. The molecule has 0 bridgehead atoms. The Labute approximate surface area is 112 Å². The number of rotatable bonds is 4. The third-order valence-corrected chi connectivity index (χ3v) is 4.62. The van der Waals surface area contributed by atoms with Gasteiger partial charge in [0.15, 0.2) is 0 Å². The molecule has 0 N–H and O–H groups in total. The maximum atomic E-state index is 2.54. The van der Waals surface area contributed by atoms with Crippen molar-refractivity contribution in [2.24, 2.45) is 11.3 Å². The molecule has 2 rings (SSSR count). The van der Waals surface area contributed by atoms with Gasteiger partial charge in [0.2, 0.25) is 0 Å². The molecule has 0 aliphatic carbocycles. The molecule has 18 heavy (non-hydrogen) atoms. The lowest BCUT2D eigenvalue weighted by molar-refractivity contribution is 0.160. The largest absolute Gasteiger partial charge is 0.372 e. The van der Waals surface area contributed by atoms with Crippen LogP contribution in [0.1, 0.15) is 46.5 Å². The zero-order valence-electron chi connectivity index (χ0n) is 12.2. The summed E-state index contributed by atoms with van der Waals surface area (Å²) in [5.74, 6) is 0.900. The van der Waals surface area contributed by atoms with Crippen molar-refractivity contribution in [3.05, 3.63) is 30.3 Å². The Morgan fingerprint density at radius 1 is 1.11 bits per heavy atom. The second-order valence-corrected chi connectivity index (χ2v) is 6.34. The van der Waals surface area contributed by atoms with Crippen LogP contribution < -0.4 is 4.90 Å². The molecule has 1 heterocycles. The van der Waals surface area contributed by atoms with Crippen LogP contribution in [-0.2, 0) is 0 Å². The van der Waals surface area contributed by atoms with Crippen LogP contribution in [0.5, 0.6) is 0 Å². The van der Waals surface area contributed by atoms with E-state index in [1.54, 1.807) is 0 Å². The van der Waals surface area contributed by atoms with Gasteiger partial charge in [-0.1, -0.05) is 45.4 Å². The van der Waals surface area contributed by atoms with E-state index < -0.39 is 0 Å². The van der Waals surface area contributed by atoms with Gasteiger partial charge in [-0.2, -0.15) is 0 Å². The number of nitrogens with zero attached hydrogens (tertiary/aromatic N) is 1. The second kappa shape index (κ2) is 5.77. The van der Waals surface area contributed by atoms with Crippen molar-refractivity contribution < 1.29 is 0 Å². The van der Waals surface area contributed by atoms with Crippen LogP contribution in [0.4, 0.5) is 5.69 Å². The van der Waals surface area contributed by atoms with Gasteiger partial charge < -0.3 is 4.90 Å². The van der Waals surface area contributed by atoms with Crippen LogP contribution in [0.25, 0.3) is 0 Å². The maximum Gasteiger partial charge on any atom is 0.0366 e. The molecule has 0 radical (unpaired) electrons. The van der Waals surface area contributed by atoms with Gasteiger partial charge in [-0.05, 0) is 42.7 Å². The highest BCUT2D eigenvalue weighted by atomic mass is 15.1. The highest BCUT2D eigenvalue weighted by Gasteiger charge is 2.31. The van der Waals surface area contributed by atoms with Gasteiger partial charge in [0, 0.05) is 18.8 Å². The van der Waals surface area contributed by atoms with Gasteiger partial charge in [-0.15, -0.1) is 0 Å². The number of para-hydroxylation sites is 1. The molecule has 0 aromatic heterocycles. The fraction of sp³-hybridized carbons (Fsp3) is 0.647. The number of hydrogen-bond donors (Lipinski definition) is 0. The first-order chi connectivity index (χ1) is 8.63. The molecule has 100 valence electrons. The summed E-state index contributed by atoms with van der Waals surface area (Å²) in [6.45, 7) is 9.67. The van der Waals surface area contributed by atoms with Crippen molar-refractivity contribution in [1.82, 2.24) is 0 Å². The van der Waals surface area contributed by atoms with Crippen LogP contribution in [-0.4, -0.2) is 13.1 Å². The molecule has 1 aromatic carbocycles. The van der Waals surface area contributed by atoms with E-state index in [9.17, 15) is 0 Å². The molecule has 1 aliphatic heterocycles. The number of anilines is 1. The molecule has 1 heteroatoms. The first-order valence-electron chi connectivity index (χ1n) is 7.43. The summed E-state index contributed by atoms with van der Waals surface area (Å²) in [5, 5.41) is 0. The highest BCUT2D eigenvalue weighted by molar-refractivity contribution is 5.46. The summed E-state index contributed by atoms with van der Waals surface area (Å²) in [4.78, 5) is 2.54. The van der Waals surface area contributed by atoms with Crippen LogP contribution in [0.2, 0.25) is 0 Å². The molecule has 0 spiro atoms. The predicted octanol–water partition coefficient (Wildman–Crippen LogP) is 4.73. The third kappa shape index (κ3) is 3.07. The van der Waals surface area contributed by atoms with Crippen LogP contribution >= 0.6 is 0 Å². The van der Waals surface area contributed by atoms with Gasteiger partial charge in [-0.25, -0.2) is 0 Å². The zero-order chi connectivity index (χ0) is 13.0. The summed E-state index contributed by atoms with van der Waals surface area (Å²) in [6, 6.07) is 10.8. The average Bonchev–Trinajstić information content (AvgIpc) is 2.40. The molecule has 0 amide bonds. The Bertz CT molecular complexity index is 347. The molecule has 1 aromatic rings. The van der Waals surface area contributed by atoms with E-state index in [1.165, 1.54) is 44.5 Å². The highest BCUT2D eigenvalue weighted by Crippen LogP contribution is 2.39. The van der Waals surface area contributed by atoms with E-state index in [4.69, 9.17) is 0 Å². The quantitative estimate of drug-likeness (QED) is 0.741. The van der Waals surface area contributed by atoms with E-state index >= 15 is 0 Å². The molecule has 1 saturated heterocycles. The Hall–Kier alpha value is -0.980. The number of piperidine rings is 1. The smallest absolute Gasteiger partial charge is 0.0366 e. The summed E-state index contributed by atoms with van der Waals surface area (Å²) < 4.78 is 0. The van der Waals surface area contributed by atoms with E-state index in [0.29, 0.717) is 5.41 Å². The van der Waals surface area contributed by atoms with Crippen molar-refractivity contribution in [3.63, 3.8) is 0 Å². The first kappa shape index (κ1) is 13.5. The summed E-state index contributed by atoms with van der Waals surface area (Å²) in [7, 11) is 0. The summed E-state index contributed by atoms with van der Waals surface area (Å²) in [5.41, 5.74) is 1.92. The predicted molar refractivity (Wildman–Crippen MR) is 80.1 cm³/mol. The van der Waals surface area contributed by atoms with Crippen molar-refractivity contribution in [2.75, 3.05) is 18.0 Å². The maximum absolute atomic E-state index is 2.54. The minimum Gasteiger partial charge on any atom is -0.372 e. The van der Waals surface area contributed by atoms with Crippen LogP contribution in [0, 0.1) is 11.3 Å². The lowest BCUT2D eigenvalue weighted by atomic mass is 9.71. The first-order valence-corrected chi connectivity index (χ1v) is 7.43. The molecule has 1 aliphatic rings. The average molecular weight is 245 g/mol. The van der Waals surface area contributed by atoms with Crippen LogP contribution in [0.3, 0.4) is 0 Å². The lowest BCUT2D eigenvalue weighted by Gasteiger charge is -2.41. The molecule has 0 unspecified atom stereocenters. The van der Waals surface area contributed by atoms with E-state index in [0.717, 1.165) is 5.92 Å². The van der Waals surface area contributed by atoms with Crippen LogP contribution in [0.15, 0.2) is 30.3 Å². The Balaban J connectivity index is 1.92. The molecule has 0 saturated carbocycles. The SMILES string of the molecule is CCCC(C)(C)C1CCN(c2ccccc2)CC1. The minimum absolute atomic E-state index is 0.525. The van der Waals surface area contributed by atoms with E-state index in [-0.39, 0.29) is 0 Å². The number of hydrogen-bond acceptors (Lipinski definition) is 1. The normalized spacial score (nSPS) is 18.1. The molecule has 1 nitrogen and oxygen atoms in total. The van der Waals surface area contributed by atoms with Gasteiger partial charge in [0.1, 0.15) is 0 Å². The van der Waals surface area contributed by atoms with E-state index in [2.05, 4.69) is 56.0 Å². The van der Waals surface area contributed by atoms with Gasteiger partial charge in [-0.3, -0.25) is 0 Å². The van der Waals surface area contributed by atoms with Gasteiger partial charge in [0.05, 0.1) is 0 Å². The van der Waals surface area contributed by atoms with Gasteiger partial charge in [0.25, 0.3) is 0 Å². The van der Waals surface area contributed by atoms with Crippen molar-refractivity contribution in [1.29, 1.82) is 0 Å². The Morgan fingerprint density at radius 2 is 1.72 bits per heavy atom. The Morgan fingerprint density at radius 3 is 2.28 bits per heavy atom. The molecular formula is C17H27N. The van der Waals surface area contributed by atoms with Crippen molar-refractivity contribution >= 4 is 5.69 Å². The monoisotopic (exact) mass is 245 g/mol. The second-order valence-electron chi connectivity index (χ2n) is 6.34. The fourth-order valence-electron chi connectivity index (χ4n) is 3.41. The summed E-state index contributed by atoms with van der Waals surface area (Å²) in [6.07, 6.45) is 5.37. The zero-order valence-corrected chi connectivity index (χ0v) is 12.2. The van der Waals surface area contributed by atoms with Gasteiger partial charge >= 0.3 is 0 Å². The molecule has 0 atom stereocenters. The third-order valence-electron chi connectivity index (χ3n) is 4.62. The van der Waals surface area contributed by atoms with E-state index in [1.807, 2.05) is 0 Å². The fourth-order valence-corrected chi connectivity index (χ4v) is 3.41. The minimum atomic E-state index is 0.525. The lowest BCUT2D eigenvalue weighted by Crippen LogP contribution is -2.38. The summed E-state index contributed by atoms with van der Waals surface area (Å²) >= 11 is 0. The van der Waals surface area contributed by atoms with Crippen molar-refractivity contribution in [2.45, 2.75) is 46.5 Å². The standard InChI is InChI=1S/C17H27N/c1-4-12-17(2,3)15-10-13-18(14-11-15)16-8-6-5-7-9-16/h5-9,15H,4,10-14H2,1-3H3.